The molecule has 0 fully saturated rings. The summed E-state index contributed by atoms with van der Waals surface area (Å²) < 4.78 is 21.2. The number of esters is 3. The second-order valence-corrected chi connectivity index (χ2v) is 7.02. The number of hydrogen-bond acceptors (Lipinski definition) is 8. The van der Waals surface area contributed by atoms with Crippen LogP contribution >= 0.6 is 15.9 Å². The molecule has 0 atom stereocenters. The van der Waals surface area contributed by atoms with Gasteiger partial charge in [0, 0.05) is 32.9 Å². The molecule has 8 nitrogen and oxygen atoms in total. The number of carbonyl (C=O) groups is 3. The predicted octanol–water partition coefficient (Wildman–Crippen LogP) is 4.13. The van der Waals surface area contributed by atoms with Crippen LogP contribution < -0.4 is 19.6 Å². The highest BCUT2D eigenvalue weighted by atomic mass is 79.9. The van der Waals surface area contributed by atoms with Crippen LogP contribution in [0.1, 0.15) is 26.5 Å². The number of carbonyl (C=O) groups excluding carboxylic acids is 3. The second-order valence-electron chi connectivity index (χ2n) is 6.46. The average molecular weight is 489 g/mol. The van der Waals surface area contributed by atoms with E-state index in [-0.39, 0.29) is 33.4 Å². The molecule has 0 spiro atoms. The molecule has 0 bridgehead atoms. The van der Waals surface area contributed by atoms with Gasteiger partial charge in [0.25, 0.3) is 0 Å². The molecule has 0 aliphatic rings. The molecule has 0 radical (unpaired) electrons. The van der Waals surface area contributed by atoms with Crippen LogP contribution in [-0.4, -0.2) is 17.9 Å². The van der Waals surface area contributed by atoms with Gasteiger partial charge in [0.15, 0.2) is 0 Å². The van der Waals surface area contributed by atoms with Crippen LogP contribution in [0, 0.1) is 0 Å². The molecule has 0 N–H and O–H groups in total. The van der Waals surface area contributed by atoms with Gasteiger partial charge in [-0.3, -0.25) is 19.2 Å². The molecule has 3 rings (SSSR count). The van der Waals surface area contributed by atoms with Gasteiger partial charge in [0.1, 0.15) is 34.0 Å². The number of alkyl halides is 1. The first kappa shape index (κ1) is 22.2. The fourth-order valence-corrected chi connectivity index (χ4v) is 3.40. The minimum atomic E-state index is -0.655. The Morgan fingerprint density at radius 1 is 0.871 bits per heavy atom. The monoisotopic (exact) mass is 488 g/mol. The third-order valence-electron chi connectivity index (χ3n) is 4.05. The van der Waals surface area contributed by atoms with Gasteiger partial charge in [-0.15, -0.1) is 0 Å². The van der Waals surface area contributed by atoms with E-state index in [0.717, 1.165) is 0 Å². The molecule has 1 heterocycles. The van der Waals surface area contributed by atoms with E-state index in [0.29, 0.717) is 17.1 Å². The maximum Gasteiger partial charge on any atom is 0.308 e. The Balaban J connectivity index is 2.26. The number of benzene rings is 2. The molecule has 0 aliphatic heterocycles. The lowest BCUT2D eigenvalue weighted by Crippen LogP contribution is -2.12. The zero-order chi connectivity index (χ0) is 22.7. The van der Waals surface area contributed by atoms with Gasteiger partial charge < -0.3 is 18.6 Å². The summed E-state index contributed by atoms with van der Waals surface area (Å²) in [5.74, 6) is -1.08. The van der Waals surface area contributed by atoms with Crippen molar-refractivity contribution >= 4 is 44.8 Å². The molecule has 0 saturated carbocycles. The highest BCUT2D eigenvalue weighted by molar-refractivity contribution is 9.08. The second kappa shape index (κ2) is 9.13. The van der Waals surface area contributed by atoms with Gasteiger partial charge in [0.2, 0.25) is 5.43 Å². The van der Waals surface area contributed by atoms with Crippen LogP contribution in [0.3, 0.4) is 0 Å². The van der Waals surface area contributed by atoms with Crippen molar-refractivity contribution in [2.24, 2.45) is 0 Å². The quantitative estimate of drug-likeness (QED) is 0.299. The number of halogens is 1. The molecule has 2 aromatic carbocycles. The van der Waals surface area contributed by atoms with E-state index in [2.05, 4.69) is 15.9 Å². The van der Waals surface area contributed by atoms with Gasteiger partial charge in [-0.05, 0) is 17.7 Å². The van der Waals surface area contributed by atoms with Gasteiger partial charge in [-0.2, -0.15) is 0 Å². The number of hydrogen-bond donors (Lipinski definition) is 0. The number of rotatable bonds is 5. The molecule has 160 valence electrons. The zero-order valence-electron chi connectivity index (χ0n) is 16.8. The first-order valence-corrected chi connectivity index (χ1v) is 10.2. The Kier molecular flexibility index (Phi) is 6.55. The summed E-state index contributed by atoms with van der Waals surface area (Å²) in [6.45, 7) is 3.70. The van der Waals surface area contributed by atoms with Crippen LogP contribution in [0.4, 0.5) is 0 Å². The third kappa shape index (κ3) is 5.00. The van der Waals surface area contributed by atoms with Crippen LogP contribution in [0.5, 0.6) is 17.2 Å². The van der Waals surface area contributed by atoms with Crippen molar-refractivity contribution in [2.75, 3.05) is 0 Å². The lowest BCUT2D eigenvalue weighted by molar-refractivity contribution is -0.133. The normalized spacial score (nSPS) is 10.6. The largest absolute Gasteiger partial charge is 0.459 e. The standard InChI is InChI=1S/C22H17BrO8/c1-11(24)28-15-6-4-14(5-7-15)20-19(10-23)31-18-9-16(29-12(2)25)8-17(30-13(3)26)21(18)22(20)27/h4-9H,10H2,1-3H3. The zero-order valence-corrected chi connectivity index (χ0v) is 18.4. The highest BCUT2D eigenvalue weighted by Gasteiger charge is 2.21. The molecular weight excluding hydrogens is 472 g/mol. The Hall–Kier alpha value is -3.46. The van der Waals surface area contributed by atoms with Crippen molar-refractivity contribution < 1.29 is 33.0 Å². The van der Waals surface area contributed by atoms with Crippen LogP contribution in [0.25, 0.3) is 22.1 Å². The lowest BCUT2D eigenvalue weighted by atomic mass is 10.0. The van der Waals surface area contributed by atoms with Crippen molar-refractivity contribution in [1.29, 1.82) is 0 Å². The summed E-state index contributed by atoms with van der Waals surface area (Å²) >= 11 is 3.32. The molecule has 3 aromatic rings. The molecule has 9 heteroatoms. The molecule has 0 aliphatic carbocycles. The Morgan fingerprint density at radius 3 is 2.00 bits per heavy atom. The third-order valence-corrected chi connectivity index (χ3v) is 4.56. The summed E-state index contributed by atoms with van der Waals surface area (Å²) in [4.78, 5) is 47.5. The number of ether oxygens (including phenoxy) is 3. The Bertz CT molecular complexity index is 1240. The van der Waals surface area contributed by atoms with Crippen LogP contribution in [0.2, 0.25) is 0 Å². The van der Waals surface area contributed by atoms with Crippen LogP contribution in [-0.2, 0) is 19.7 Å². The fraction of sp³-hybridized carbons (Fsp3) is 0.182. The Labute approximate surface area is 184 Å². The first-order valence-electron chi connectivity index (χ1n) is 9.05. The SMILES string of the molecule is CC(=O)Oc1ccc(-c2c(CBr)oc3cc(OC(C)=O)cc(OC(C)=O)c3c2=O)cc1. The minimum absolute atomic E-state index is 0.0230. The van der Waals surface area contributed by atoms with Crippen molar-refractivity contribution in [3.05, 3.63) is 52.4 Å². The van der Waals surface area contributed by atoms with Crippen molar-refractivity contribution in [3.63, 3.8) is 0 Å². The Morgan fingerprint density at radius 2 is 1.45 bits per heavy atom. The molecule has 31 heavy (non-hydrogen) atoms. The van der Waals surface area contributed by atoms with Crippen molar-refractivity contribution in [2.45, 2.75) is 26.1 Å². The van der Waals surface area contributed by atoms with Crippen LogP contribution in [0.15, 0.2) is 45.6 Å². The van der Waals surface area contributed by atoms with E-state index >= 15 is 0 Å². The van der Waals surface area contributed by atoms with Crippen molar-refractivity contribution in [3.8, 4) is 28.4 Å². The first-order chi connectivity index (χ1) is 14.7. The summed E-state index contributed by atoms with van der Waals surface area (Å²) in [7, 11) is 0. The number of fused-ring (bicyclic) bond motifs is 1. The minimum Gasteiger partial charge on any atom is -0.459 e. The van der Waals surface area contributed by atoms with E-state index in [1.165, 1.54) is 32.9 Å². The molecule has 0 saturated heterocycles. The van der Waals surface area contributed by atoms with Gasteiger partial charge in [-0.1, -0.05) is 28.1 Å². The lowest BCUT2D eigenvalue weighted by Gasteiger charge is -2.13. The van der Waals surface area contributed by atoms with Gasteiger partial charge >= 0.3 is 17.9 Å². The fourth-order valence-electron chi connectivity index (χ4n) is 3.01. The van der Waals surface area contributed by atoms with E-state index in [1.807, 2.05) is 0 Å². The summed E-state index contributed by atoms with van der Waals surface area (Å²) in [6, 6.07) is 8.99. The van der Waals surface area contributed by atoms with Crippen molar-refractivity contribution in [1.82, 2.24) is 0 Å². The van der Waals surface area contributed by atoms with Gasteiger partial charge in [0.05, 0.1) is 10.9 Å². The summed E-state index contributed by atoms with van der Waals surface area (Å²) in [5.41, 5.74) is 0.405. The molecule has 0 unspecified atom stereocenters. The molecule has 0 amide bonds. The molecular formula is C22H17BrO8. The van der Waals surface area contributed by atoms with E-state index in [9.17, 15) is 19.2 Å². The maximum absolute atomic E-state index is 13.4. The van der Waals surface area contributed by atoms with E-state index < -0.39 is 23.3 Å². The smallest absolute Gasteiger partial charge is 0.308 e. The predicted molar refractivity (Wildman–Crippen MR) is 114 cm³/mol. The van der Waals surface area contributed by atoms with E-state index in [4.69, 9.17) is 18.6 Å². The summed E-state index contributed by atoms with van der Waals surface area (Å²) in [6.07, 6.45) is 0. The highest BCUT2D eigenvalue weighted by Crippen LogP contribution is 2.34. The summed E-state index contributed by atoms with van der Waals surface area (Å²) in [5, 5.41) is 0.231. The molecule has 1 aromatic heterocycles. The van der Waals surface area contributed by atoms with Gasteiger partial charge in [-0.25, -0.2) is 0 Å². The maximum atomic E-state index is 13.4. The van der Waals surface area contributed by atoms with E-state index in [1.54, 1.807) is 24.3 Å². The topological polar surface area (TPSA) is 109 Å². The average Bonchev–Trinajstić information content (AvgIpc) is 2.66.